The van der Waals surface area contributed by atoms with Crippen molar-refractivity contribution in [1.29, 1.82) is 0 Å². The lowest BCUT2D eigenvalue weighted by atomic mass is 9.64. The number of aryl methyl sites for hydroxylation is 1. The van der Waals surface area contributed by atoms with Crippen LogP contribution in [0.1, 0.15) is 53.7 Å². The highest BCUT2D eigenvalue weighted by molar-refractivity contribution is 6.32. The van der Waals surface area contributed by atoms with Crippen molar-refractivity contribution in [3.05, 3.63) is 129 Å². The van der Waals surface area contributed by atoms with E-state index in [9.17, 15) is 14.4 Å². The van der Waals surface area contributed by atoms with Gasteiger partial charge in [-0.05, 0) is 48.4 Å². The number of rotatable bonds is 5. The number of ether oxygens (including phenoxy) is 2. The van der Waals surface area contributed by atoms with Crippen LogP contribution in [-0.2, 0) is 0 Å². The molecule has 214 valence electrons. The standard InChI is InChI=1S/C36H28ClNO5/c1-20-8-10-21(11-9-20)33(39)32-31(23-12-16-28(42-2)29(19-23)43-3)36(34(40)25-6-4-5-7-26(25)35(36)41)30-17-13-22-18-24(37)14-15-27(22)38(30)32/h4-19,30-32H,1-3H3/t30?,31-,32+/m0/s1. The van der Waals surface area contributed by atoms with Gasteiger partial charge >= 0.3 is 0 Å². The Labute approximate surface area is 254 Å². The third kappa shape index (κ3) is 3.76. The molecule has 3 aliphatic rings. The number of benzene rings is 4. The number of fused-ring (bicyclic) bond motifs is 5. The molecule has 4 aromatic rings. The van der Waals surface area contributed by atoms with Gasteiger partial charge in [0.2, 0.25) is 0 Å². The van der Waals surface area contributed by atoms with Crippen LogP contribution in [0.3, 0.4) is 0 Å². The first-order valence-electron chi connectivity index (χ1n) is 14.1. The maximum Gasteiger partial charge on any atom is 0.185 e. The minimum Gasteiger partial charge on any atom is -0.493 e. The molecular weight excluding hydrogens is 562 g/mol. The first-order valence-corrected chi connectivity index (χ1v) is 14.5. The molecule has 7 heteroatoms. The highest BCUT2D eigenvalue weighted by Gasteiger charge is 2.71. The lowest BCUT2D eigenvalue weighted by molar-refractivity contribution is 0.0665. The van der Waals surface area contributed by atoms with Crippen LogP contribution in [0.25, 0.3) is 6.08 Å². The summed E-state index contributed by atoms with van der Waals surface area (Å²) < 4.78 is 11.2. The van der Waals surface area contributed by atoms with Crippen LogP contribution in [0.15, 0.2) is 91.0 Å². The van der Waals surface area contributed by atoms with Crippen molar-refractivity contribution < 1.29 is 23.9 Å². The molecule has 6 nitrogen and oxygen atoms in total. The molecule has 7 rings (SSSR count). The van der Waals surface area contributed by atoms with Crippen LogP contribution < -0.4 is 14.4 Å². The second-order valence-electron chi connectivity index (χ2n) is 11.3. The summed E-state index contributed by atoms with van der Waals surface area (Å²) in [5, 5.41) is 0.550. The molecule has 0 N–H and O–H groups in total. The van der Waals surface area contributed by atoms with Crippen LogP contribution in [0, 0.1) is 12.3 Å². The SMILES string of the molecule is COc1ccc([C@H]2[C@H](C(=O)c3ccc(C)cc3)N3c4ccc(Cl)cc4C=CC3C23C(=O)c2ccccc2C3=O)cc1OC. The van der Waals surface area contributed by atoms with E-state index in [1.54, 1.807) is 61.7 Å². The van der Waals surface area contributed by atoms with Gasteiger partial charge in [-0.25, -0.2) is 0 Å². The van der Waals surface area contributed by atoms with Gasteiger partial charge in [0.05, 0.1) is 20.3 Å². The number of ketones is 3. The van der Waals surface area contributed by atoms with Crippen LogP contribution >= 0.6 is 11.6 Å². The molecule has 1 spiro atoms. The maximum atomic E-state index is 14.8. The van der Waals surface area contributed by atoms with E-state index in [1.807, 2.05) is 54.3 Å². The van der Waals surface area contributed by atoms with Gasteiger partial charge in [0.25, 0.3) is 0 Å². The predicted molar refractivity (Wildman–Crippen MR) is 166 cm³/mol. The molecule has 1 unspecified atom stereocenters. The van der Waals surface area contributed by atoms with Crippen molar-refractivity contribution in [2.45, 2.75) is 24.9 Å². The zero-order chi connectivity index (χ0) is 30.0. The van der Waals surface area contributed by atoms with Gasteiger partial charge in [-0.3, -0.25) is 14.4 Å². The topological polar surface area (TPSA) is 72.9 Å². The Morgan fingerprint density at radius 1 is 0.837 bits per heavy atom. The van der Waals surface area contributed by atoms with Crippen molar-refractivity contribution in [2.75, 3.05) is 19.1 Å². The van der Waals surface area contributed by atoms with Crippen molar-refractivity contribution in [3.63, 3.8) is 0 Å². The Morgan fingerprint density at radius 2 is 1.51 bits per heavy atom. The summed E-state index contributed by atoms with van der Waals surface area (Å²) in [4.78, 5) is 46.4. The third-order valence-electron chi connectivity index (χ3n) is 9.14. The Hall–Kier alpha value is -4.68. The number of Topliss-reactive ketones (excluding diaryl/α,β-unsaturated/α-hetero) is 3. The number of carbonyl (C=O) groups is 3. The molecule has 1 aliphatic carbocycles. The molecule has 0 bridgehead atoms. The van der Waals surface area contributed by atoms with Crippen LogP contribution in [-0.4, -0.2) is 43.7 Å². The summed E-state index contributed by atoms with van der Waals surface area (Å²) in [5.41, 5.74) is 2.83. The minimum absolute atomic E-state index is 0.186. The predicted octanol–water partition coefficient (Wildman–Crippen LogP) is 6.98. The number of halogens is 1. The molecule has 43 heavy (non-hydrogen) atoms. The Kier molecular flexibility index (Phi) is 6.29. The fourth-order valence-electron chi connectivity index (χ4n) is 7.26. The zero-order valence-electron chi connectivity index (χ0n) is 23.8. The number of anilines is 1. The molecule has 2 heterocycles. The van der Waals surface area contributed by atoms with Crippen molar-refractivity contribution in [3.8, 4) is 11.5 Å². The Balaban J connectivity index is 1.55. The normalized spacial score (nSPS) is 21.0. The van der Waals surface area contributed by atoms with Crippen molar-refractivity contribution >= 4 is 40.7 Å². The molecule has 1 saturated heterocycles. The van der Waals surface area contributed by atoms with E-state index in [0.29, 0.717) is 38.8 Å². The van der Waals surface area contributed by atoms with E-state index in [1.165, 1.54) is 7.11 Å². The molecule has 0 aromatic heterocycles. The number of carbonyl (C=O) groups excluding carboxylic acids is 3. The van der Waals surface area contributed by atoms with Crippen LogP contribution in [0.5, 0.6) is 11.5 Å². The van der Waals surface area contributed by atoms with Crippen LogP contribution in [0.2, 0.25) is 5.02 Å². The average molecular weight is 590 g/mol. The van der Waals surface area contributed by atoms with Gasteiger partial charge in [0, 0.05) is 33.3 Å². The summed E-state index contributed by atoms with van der Waals surface area (Å²) >= 11 is 6.39. The molecule has 1 fully saturated rings. The van der Waals surface area contributed by atoms with E-state index in [4.69, 9.17) is 21.1 Å². The summed E-state index contributed by atoms with van der Waals surface area (Å²) in [6, 6.07) is 23.6. The summed E-state index contributed by atoms with van der Waals surface area (Å²) in [7, 11) is 3.08. The number of nitrogens with zero attached hydrogens (tertiary/aromatic N) is 1. The lowest BCUT2D eigenvalue weighted by Crippen LogP contribution is -2.48. The molecule has 0 amide bonds. The second-order valence-corrected chi connectivity index (χ2v) is 11.7. The van der Waals surface area contributed by atoms with Gasteiger partial charge in [-0.1, -0.05) is 83.9 Å². The van der Waals surface area contributed by atoms with Gasteiger partial charge in [-0.15, -0.1) is 0 Å². The Bertz CT molecular complexity index is 1830. The fraction of sp³-hybridized carbons (Fsp3) is 0.194. The van der Waals surface area contributed by atoms with Gasteiger partial charge in [0.1, 0.15) is 11.5 Å². The molecule has 0 radical (unpaired) electrons. The van der Waals surface area contributed by atoms with Gasteiger partial charge in [-0.2, -0.15) is 0 Å². The monoisotopic (exact) mass is 589 g/mol. The third-order valence-corrected chi connectivity index (χ3v) is 9.37. The summed E-state index contributed by atoms with van der Waals surface area (Å²) in [5.74, 6) is -0.670. The molecular formula is C36H28ClNO5. The zero-order valence-corrected chi connectivity index (χ0v) is 24.6. The second kappa shape index (κ2) is 9.96. The maximum absolute atomic E-state index is 14.8. The fourth-order valence-corrected chi connectivity index (χ4v) is 7.44. The average Bonchev–Trinajstić information content (AvgIpc) is 3.46. The number of hydrogen-bond donors (Lipinski definition) is 0. The van der Waals surface area contributed by atoms with Crippen molar-refractivity contribution in [1.82, 2.24) is 0 Å². The van der Waals surface area contributed by atoms with Gasteiger partial charge < -0.3 is 14.4 Å². The molecule has 0 saturated carbocycles. The highest BCUT2D eigenvalue weighted by Crippen LogP contribution is 2.61. The first kappa shape index (κ1) is 27.2. The van der Waals surface area contributed by atoms with E-state index in [2.05, 4.69) is 0 Å². The highest BCUT2D eigenvalue weighted by atomic mass is 35.5. The van der Waals surface area contributed by atoms with E-state index in [-0.39, 0.29) is 17.3 Å². The largest absolute Gasteiger partial charge is 0.493 e. The first-order chi connectivity index (χ1) is 20.8. The summed E-state index contributed by atoms with van der Waals surface area (Å²) in [6.07, 6.45) is 3.79. The number of methoxy groups -OCH3 is 2. The smallest absolute Gasteiger partial charge is 0.185 e. The van der Waals surface area contributed by atoms with Crippen LogP contribution in [0.4, 0.5) is 5.69 Å². The van der Waals surface area contributed by atoms with E-state index in [0.717, 1.165) is 16.8 Å². The van der Waals surface area contributed by atoms with E-state index < -0.39 is 23.4 Å². The van der Waals surface area contributed by atoms with Gasteiger partial charge in [0.15, 0.2) is 28.8 Å². The summed E-state index contributed by atoms with van der Waals surface area (Å²) in [6.45, 7) is 1.96. The minimum atomic E-state index is -1.61. The van der Waals surface area contributed by atoms with Crippen molar-refractivity contribution in [2.24, 2.45) is 5.41 Å². The number of hydrogen-bond acceptors (Lipinski definition) is 6. The molecule has 3 atom stereocenters. The Morgan fingerprint density at radius 3 is 2.16 bits per heavy atom. The van der Waals surface area contributed by atoms with E-state index >= 15 is 0 Å². The lowest BCUT2D eigenvalue weighted by Gasteiger charge is -2.37. The molecule has 2 aliphatic heterocycles. The quantitative estimate of drug-likeness (QED) is 0.185. The molecule has 4 aromatic carbocycles.